The van der Waals surface area contributed by atoms with Crippen LogP contribution < -0.4 is 5.32 Å². The van der Waals surface area contributed by atoms with Gasteiger partial charge in [0.25, 0.3) is 0 Å². The molecular weight excluding hydrogens is 222 g/mol. The molecular formula is C12H21NO2S. The lowest BCUT2D eigenvalue weighted by Crippen LogP contribution is -2.41. The van der Waals surface area contributed by atoms with Crippen LogP contribution in [0.2, 0.25) is 0 Å². The van der Waals surface area contributed by atoms with Gasteiger partial charge in [-0.05, 0) is 25.6 Å². The fourth-order valence-electron chi connectivity index (χ4n) is 1.70. The van der Waals surface area contributed by atoms with Gasteiger partial charge in [-0.25, -0.2) is 0 Å². The van der Waals surface area contributed by atoms with E-state index in [2.05, 4.69) is 24.4 Å². The summed E-state index contributed by atoms with van der Waals surface area (Å²) in [5.74, 6) is 0. The first kappa shape index (κ1) is 13.6. The Balaban J connectivity index is 2.61. The van der Waals surface area contributed by atoms with Crippen molar-refractivity contribution in [2.45, 2.75) is 32.1 Å². The van der Waals surface area contributed by atoms with Gasteiger partial charge in [-0.1, -0.05) is 6.92 Å². The lowest BCUT2D eigenvalue weighted by Gasteiger charge is -2.23. The molecule has 1 aromatic rings. The summed E-state index contributed by atoms with van der Waals surface area (Å²) >= 11 is 1.86. The maximum Gasteiger partial charge on any atom is 0.172 e. The molecule has 0 bridgehead atoms. The number of hydrogen-bond acceptors (Lipinski definition) is 4. The summed E-state index contributed by atoms with van der Waals surface area (Å²) in [7, 11) is 5.28. The number of methoxy groups -OCH3 is 2. The zero-order valence-electron chi connectivity index (χ0n) is 10.4. The van der Waals surface area contributed by atoms with E-state index in [-0.39, 0.29) is 12.3 Å². The van der Waals surface area contributed by atoms with Gasteiger partial charge in [-0.3, -0.25) is 0 Å². The molecule has 1 rings (SSSR count). The van der Waals surface area contributed by atoms with Crippen molar-refractivity contribution in [1.82, 2.24) is 5.32 Å². The van der Waals surface area contributed by atoms with E-state index in [9.17, 15) is 0 Å². The number of nitrogens with one attached hydrogen (secondary N) is 1. The molecule has 0 fully saturated rings. The second-order valence-electron chi connectivity index (χ2n) is 3.66. The van der Waals surface area contributed by atoms with Crippen LogP contribution >= 0.6 is 11.3 Å². The van der Waals surface area contributed by atoms with Gasteiger partial charge in [0.05, 0.1) is 6.04 Å². The van der Waals surface area contributed by atoms with Gasteiger partial charge >= 0.3 is 0 Å². The molecule has 0 aliphatic heterocycles. The maximum atomic E-state index is 5.28. The second kappa shape index (κ2) is 7.01. The summed E-state index contributed by atoms with van der Waals surface area (Å²) in [6, 6.07) is 4.58. The highest BCUT2D eigenvalue weighted by Crippen LogP contribution is 2.19. The van der Waals surface area contributed by atoms with E-state index in [4.69, 9.17) is 9.47 Å². The highest BCUT2D eigenvalue weighted by Gasteiger charge is 2.19. The van der Waals surface area contributed by atoms with Crippen molar-refractivity contribution in [3.63, 3.8) is 0 Å². The molecule has 92 valence electrons. The maximum absolute atomic E-state index is 5.28. The van der Waals surface area contributed by atoms with E-state index in [1.807, 2.05) is 18.4 Å². The van der Waals surface area contributed by atoms with E-state index in [0.717, 1.165) is 12.8 Å². The van der Waals surface area contributed by atoms with E-state index >= 15 is 0 Å². The summed E-state index contributed by atoms with van der Waals surface area (Å²) < 4.78 is 10.6. The third-order valence-electron chi connectivity index (χ3n) is 2.65. The normalized spacial score (nSPS) is 13.3. The fourth-order valence-corrected chi connectivity index (χ4v) is 2.71. The van der Waals surface area contributed by atoms with Crippen LogP contribution in [0.5, 0.6) is 0 Å². The van der Waals surface area contributed by atoms with Gasteiger partial charge in [0.15, 0.2) is 6.29 Å². The van der Waals surface area contributed by atoms with Crippen molar-refractivity contribution < 1.29 is 9.47 Å². The zero-order valence-corrected chi connectivity index (χ0v) is 11.3. The van der Waals surface area contributed by atoms with Crippen LogP contribution in [0.4, 0.5) is 0 Å². The first-order chi connectivity index (χ1) is 7.74. The third-order valence-corrected chi connectivity index (χ3v) is 3.90. The molecule has 1 heterocycles. The Morgan fingerprint density at radius 3 is 2.31 bits per heavy atom. The van der Waals surface area contributed by atoms with E-state index < -0.39 is 0 Å². The highest BCUT2D eigenvalue weighted by molar-refractivity contribution is 7.11. The number of aryl methyl sites for hydroxylation is 1. The minimum Gasteiger partial charge on any atom is -0.354 e. The van der Waals surface area contributed by atoms with Crippen molar-refractivity contribution in [3.8, 4) is 0 Å². The molecule has 0 saturated heterocycles. The number of ether oxygens (including phenoxy) is 2. The molecule has 1 unspecified atom stereocenters. The molecule has 1 N–H and O–H groups in total. The highest BCUT2D eigenvalue weighted by atomic mass is 32.1. The molecule has 1 aromatic heterocycles. The fraction of sp³-hybridized carbons (Fsp3) is 0.667. The van der Waals surface area contributed by atoms with Crippen LogP contribution in [-0.2, 0) is 22.3 Å². The Labute approximate surface area is 102 Å². The lowest BCUT2D eigenvalue weighted by atomic mass is 10.1. The molecule has 0 aliphatic rings. The van der Waals surface area contributed by atoms with Gasteiger partial charge in [0, 0.05) is 30.4 Å². The van der Waals surface area contributed by atoms with Crippen LogP contribution in [0.3, 0.4) is 0 Å². The smallest absolute Gasteiger partial charge is 0.172 e. The Bertz CT molecular complexity index is 297. The average Bonchev–Trinajstić information content (AvgIpc) is 2.77. The van der Waals surface area contributed by atoms with Crippen LogP contribution in [0, 0.1) is 0 Å². The molecule has 16 heavy (non-hydrogen) atoms. The van der Waals surface area contributed by atoms with Crippen LogP contribution in [0.15, 0.2) is 12.1 Å². The van der Waals surface area contributed by atoms with Crippen molar-refractivity contribution in [2.24, 2.45) is 0 Å². The molecule has 0 amide bonds. The monoisotopic (exact) mass is 243 g/mol. The Kier molecular flexibility index (Phi) is 5.98. The molecule has 4 heteroatoms. The predicted molar refractivity (Wildman–Crippen MR) is 68.1 cm³/mol. The van der Waals surface area contributed by atoms with Gasteiger partial charge < -0.3 is 14.8 Å². The summed E-state index contributed by atoms with van der Waals surface area (Å²) in [5.41, 5.74) is 0. The molecule has 0 radical (unpaired) electrons. The standard InChI is InChI=1S/C12H21NO2S/c1-5-9-6-7-10(16-9)8-11(13-2)12(14-3)15-4/h6-7,11-13H,5,8H2,1-4H3. The van der Waals surface area contributed by atoms with Gasteiger partial charge in [0.1, 0.15) is 0 Å². The quantitative estimate of drug-likeness (QED) is 0.744. The average molecular weight is 243 g/mol. The molecule has 0 spiro atoms. The minimum atomic E-state index is -0.197. The molecule has 0 aliphatic carbocycles. The Morgan fingerprint density at radius 1 is 1.25 bits per heavy atom. The summed E-state index contributed by atoms with van der Waals surface area (Å²) in [5, 5.41) is 3.24. The largest absolute Gasteiger partial charge is 0.354 e. The van der Waals surface area contributed by atoms with Crippen LogP contribution in [-0.4, -0.2) is 33.6 Å². The van der Waals surface area contributed by atoms with Crippen molar-refractivity contribution in [3.05, 3.63) is 21.9 Å². The molecule has 3 nitrogen and oxygen atoms in total. The lowest BCUT2D eigenvalue weighted by molar-refractivity contribution is -0.121. The molecule has 0 aromatic carbocycles. The van der Waals surface area contributed by atoms with Gasteiger partial charge in [-0.15, -0.1) is 11.3 Å². The van der Waals surface area contributed by atoms with Gasteiger partial charge in [0.2, 0.25) is 0 Å². The summed E-state index contributed by atoms with van der Waals surface area (Å²) in [6.07, 6.45) is 1.84. The number of rotatable bonds is 7. The first-order valence-corrected chi connectivity index (χ1v) is 6.37. The third kappa shape index (κ3) is 3.56. The van der Waals surface area contributed by atoms with Crippen molar-refractivity contribution in [2.75, 3.05) is 21.3 Å². The van der Waals surface area contributed by atoms with Crippen LogP contribution in [0.1, 0.15) is 16.7 Å². The Hall–Kier alpha value is -0.420. The molecule has 1 atom stereocenters. The summed E-state index contributed by atoms with van der Waals surface area (Å²) in [4.78, 5) is 2.80. The number of hydrogen-bond donors (Lipinski definition) is 1. The Morgan fingerprint density at radius 2 is 1.88 bits per heavy atom. The van der Waals surface area contributed by atoms with Crippen molar-refractivity contribution in [1.29, 1.82) is 0 Å². The number of thiophene rings is 1. The predicted octanol–water partition coefficient (Wildman–Crippen LogP) is 2.06. The topological polar surface area (TPSA) is 30.5 Å². The van der Waals surface area contributed by atoms with E-state index in [1.165, 1.54) is 9.75 Å². The van der Waals surface area contributed by atoms with Crippen molar-refractivity contribution >= 4 is 11.3 Å². The van der Waals surface area contributed by atoms with E-state index in [1.54, 1.807) is 14.2 Å². The summed E-state index contributed by atoms with van der Waals surface area (Å²) in [6.45, 7) is 2.18. The van der Waals surface area contributed by atoms with Crippen LogP contribution in [0.25, 0.3) is 0 Å². The first-order valence-electron chi connectivity index (χ1n) is 5.55. The molecule has 0 saturated carbocycles. The zero-order chi connectivity index (χ0) is 12.0. The SMILES string of the molecule is CCc1ccc(CC(NC)C(OC)OC)s1. The number of likely N-dealkylation sites (N-methyl/N-ethyl adjacent to an activating group) is 1. The van der Waals surface area contributed by atoms with E-state index in [0.29, 0.717) is 0 Å². The second-order valence-corrected chi connectivity index (χ2v) is 4.91. The van der Waals surface area contributed by atoms with Gasteiger partial charge in [-0.2, -0.15) is 0 Å². The minimum absolute atomic E-state index is 0.193.